The van der Waals surface area contributed by atoms with Gasteiger partial charge < -0.3 is 36.3 Å². The van der Waals surface area contributed by atoms with Crippen molar-refractivity contribution in [2.75, 3.05) is 28.0 Å². The molecule has 1 aromatic heterocycles. The molecular weight excluding hydrogens is 408 g/mol. The summed E-state index contributed by atoms with van der Waals surface area (Å²) in [6.07, 6.45) is 2.46. The summed E-state index contributed by atoms with van der Waals surface area (Å²) in [5.74, 6) is 2.52. The van der Waals surface area contributed by atoms with Crippen LogP contribution in [-0.2, 0) is 13.0 Å². The van der Waals surface area contributed by atoms with Crippen LogP contribution >= 0.6 is 0 Å². The quantitative estimate of drug-likeness (QED) is 0.544. The number of halogens is 1. The number of aryl methyl sites for hydroxylation is 2. The molecule has 0 unspecified atom stereocenters. The molecule has 30 heavy (non-hydrogen) atoms. The maximum atomic E-state index is 12.2. The Kier molecular flexibility index (Phi) is 5.07. The number of carbonyl (C=O) groups excluding carboxylic acids is 1. The van der Waals surface area contributed by atoms with Gasteiger partial charge in [-0.25, -0.2) is 4.79 Å². The molecule has 1 amide bonds. The molecule has 2 aliphatic rings. The standard InChI is InChI=1S/C22H21N2O5.ClH/c1-23(2)22(25)29-21-16-11-24-7-6-14-9-19-20(28-12-27-19)10-15(14)17(24)8-13(16)4-5-18(21)26-3;/h4-5,8-11H,6-7,12H2,1-3H3;1H/q+1;/p-1. The van der Waals surface area contributed by atoms with Gasteiger partial charge >= 0.3 is 6.09 Å². The fourth-order valence-electron chi connectivity index (χ4n) is 3.84. The van der Waals surface area contributed by atoms with Gasteiger partial charge in [0.25, 0.3) is 0 Å². The first-order chi connectivity index (χ1) is 14.0. The summed E-state index contributed by atoms with van der Waals surface area (Å²) in [6, 6.07) is 10.0. The largest absolute Gasteiger partial charge is 1.00 e. The van der Waals surface area contributed by atoms with E-state index in [4.69, 9.17) is 18.9 Å². The maximum absolute atomic E-state index is 12.2. The third kappa shape index (κ3) is 3.15. The molecule has 0 saturated heterocycles. The molecule has 5 rings (SSSR count). The Hall–Kier alpha value is -3.19. The Balaban J connectivity index is 0.00000218. The highest BCUT2D eigenvalue weighted by Gasteiger charge is 2.29. The average Bonchev–Trinajstić information content (AvgIpc) is 3.18. The van der Waals surface area contributed by atoms with Gasteiger partial charge in [0.1, 0.15) is 0 Å². The summed E-state index contributed by atoms with van der Waals surface area (Å²) in [6.45, 7) is 1.08. The summed E-state index contributed by atoms with van der Waals surface area (Å²) in [7, 11) is 4.87. The second kappa shape index (κ2) is 7.57. The van der Waals surface area contributed by atoms with Gasteiger partial charge in [-0.3, -0.25) is 0 Å². The van der Waals surface area contributed by atoms with Crippen molar-refractivity contribution in [1.82, 2.24) is 4.90 Å². The van der Waals surface area contributed by atoms with E-state index in [1.807, 2.05) is 24.4 Å². The van der Waals surface area contributed by atoms with Crippen molar-refractivity contribution in [2.24, 2.45) is 0 Å². The Morgan fingerprint density at radius 2 is 1.90 bits per heavy atom. The van der Waals surface area contributed by atoms with Gasteiger partial charge in [0.15, 0.2) is 35.7 Å². The van der Waals surface area contributed by atoms with Crippen molar-refractivity contribution in [2.45, 2.75) is 13.0 Å². The van der Waals surface area contributed by atoms with E-state index in [9.17, 15) is 4.79 Å². The van der Waals surface area contributed by atoms with Crippen LogP contribution in [0.15, 0.2) is 36.5 Å². The number of pyridine rings is 1. The minimum Gasteiger partial charge on any atom is -1.00 e. The molecule has 3 aromatic rings. The van der Waals surface area contributed by atoms with Crippen molar-refractivity contribution in [3.05, 3.63) is 42.1 Å². The topological polar surface area (TPSA) is 61.1 Å². The van der Waals surface area contributed by atoms with Gasteiger partial charge in [-0.15, -0.1) is 0 Å². The molecule has 0 aliphatic carbocycles. The number of carbonyl (C=O) groups is 1. The average molecular weight is 429 g/mol. The van der Waals surface area contributed by atoms with Crippen molar-refractivity contribution < 1.29 is 40.7 Å². The predicted octanol–water partition coefficient (Wildman–Crippen LogP) is 0.152. The van der Waals surface area contributed by atoms with Crippen LogP contribution < -0.4 is 35.9 Å². The summed E-state index contributed by atoms with van der Waals surface area (Å²) in [4.78, 5) is 13.6. The summed E-state index contributed by atoms with van der Waals surface area (Å²) in [5, 5.41) is 1.79. The molecule has 0 N–H and O–H groups in total. The molecule has 2 aromatic carbocycles. The van der Waals surface area contributed by atoms with Crippen molar-refractivity contribution in [1.29, 1.82) is 0 Å². The third-order valence-corrected chi connectivity index (χ3v) is 5.35. The molecule has 0 atom stereocenters. The van der Waals surface area contributed by atoms with Crippen LogP contribution in [0.4, 0.5) is 4.79 Å². The smallest absolute Gasteiger partial charge is 0.414 e. The fourth-order valence-corrected chi connectivity index (χ4v) is 3.84. The SMILES string of the molecule is COc1ccc2cc3[n+](cc2c1OC(=O)N(C)C)CCc1cc2c(cc1-3)OCO2.[Cl-]. The Labute approximate surface area is 180 Å². The van der Waals surface area contributed by atoms with E-state index in [-0.39, 0.29) is 19.2 Å². The zero-order valence-electron chi connectivity index (χ0n) is 16.9. The first-order valence-corrected chi connectivity index (χ1v) is 9.41. The lowest BCUT2D eigenvalue weighted by atomic mass is 9.95. The van der Waals surface area contributed by atoms with Gasteiger partial charge in [0.2, 0.25) is 12.5 Å². The molecule has 0 saturated carbocycles. The molecule has 8 heteroatoms. The van der Waals surface area contributed by atoms with E-state index in [0.717, 1.165) is 46.5 Å². The van der Waals surface area contributed by atoms with Crippen molar-refractivity contribution in [3.63, 3.8) is 0 Å². The van der Waals surface area contributed by atoms with E-state index >= 15 is 0 Å². The van der Waals surface area contributed by atoms with Crippen LogP contribution in [0.25, 0.3) is 22.0 Å². The Morgan fingerprint density at radius 1 is 1.13 bits per heavy atom. The van der Waals surface area contributed by atoms with Gasteiger partial charge in [0, 0.05) is 26.6 Å². The van der Waals surface area contributed by atoms with Crippen molar-refractivity contribution >= 4 is 16.9 Å². The number of amides is 1. The lowest BCUT2D eigenvalue weighted by molar-refractivity contribution is -0.686. The number of rotatable bonds is 2. The first kappa shape index (κ1) is 20.1. The third-order valence-electron chi connectivity index (χ3n) is 5.35. The van der Waals surface area contributed by atoms with Crippen LogP contribution in [0.2, 0.25) is 0 Å². The second-order valence-corrected chi connectivity index (χ2v) is 7.33. The Bertz CT molecular complexity index is 1160. The van der Waals surface area contributed by atoms with Crippen LogP contribution in [0.1, 0.15) is 5.56 Å². The van der Waals surface area contributed by atoms with Crippen molar-refractivity contribution in [3.8, 4) is 34.3 Å². The molecule has 2 aliphatic heterocycles. The number of nitrogens with zero attached hydrogens (tertiary/aromatic N) is 2. The highest BCUT2D eigenvalue weighted by atomic mass is 35.5. The molecule has 0 spiro atoms. The number of fused-ring (bicyclic) bond motifs is 5. The number of methoxy groups -OCH3 is 1. The monoisotopic (exact) mass is 428 g/mol. The van der Waals surface area contributed by atoms with Gasteiger partial charge in [0.05, 0.1) is 18.1 Å². The molecule has 0 fully saturated rings. The van der Waals surface area contributed by atoms with E-state index in [0.29, 0.717) is 11.5 Å². The van der Waals surface area contributed by atoms with E-state index in [1.165, 1.54) is 10.5 Å². The van der Waals surface area contributed by atoms with Gasteiger partial charge in [-0.1, -0.05) is 0 Å². The normalized spacial score (nSPS) is 13.2. The number of hydrogen-bond acceptors (Lipinski definition) is 5. The summed E-state index contributed by atoms with van der Waals surface area (Å²) in [5.41, 5.74) is 3.46. The summed E-state index contributed by atoms with van der Waals surface area (Å²) < 4.78 is 24.4. The molecular formula is C22H21ClN2O5. The van der Waals surface area contributed by atoms with E-state index in [2.05, 4.69) is 16.7 Å². The number of benzene rings is 2. The summed E-state index contributed by atoms with van der Waals surface area (Å²) >= 11 is 0. The van der Waals surface area contributed by atoms with Crippen LogP contribution in [0.3, 0.4) is 0 Å². The molecule has 0 bridgehead atoms. The van der Waals surface area contributed by atoms with Gasteiger partial charge in [-0.2, -0.15) is 4.57 Å². The van der Waals surface area contributed by atoms with Crippen LogP contribution in [0, 0.1) is 0 Å². The zero-order chi connectivity index (χ0) is 20.1. The number of hydrogen-bond donors (Lipinski definition) is 0. The van der Waals surface area contributed by atoms with Crippen LogP contribution in [-0.4, -0.2) is 39.0 Å². The molecule has 3 heterocycles. The Morgan fingerprint density at radius 3 is 2.63 bits per heavy atom. The highest BCUT2D eigenvalue weighted by molar-refractivity contribution is 5.93. The molecule has 156 valence electrons. The van der Waals surface area contributed by atoms with Gasteiger partial charge in [-0.05, 0) is 35.2 Å². The lowest BCUT2D eigenvalue weighted by Crippen LogP contribution is -3.00. The maximum Gasteiger partial charge on any atom is 0.414 e. The second-order valence-electron chi connectivity index (χ2n) is 7.33. The van der Waals surface area contributed by atoms with Crippen LogP contribution in [0.5, 0.6) is 23.0 Å². The minimum absolute atomic E-state index is 0. The molecule has 7 nitrogen and oxygen atoms in total. The zero-order valence-corrected chi connectivity index (χ0v) is 17.7. The predicted molar refractivity (Wildman–Crippen MR) is 106 cm³/mol. The van der Waals surface area contributed by atoms with E-state index < -0.39 is 6.09 Å². The fraction of sp³-hybridized carbons (Fsp3) is 0.273. The lowest BCUT2D eigenvalue weighted by Gasteiger charge is -2.18. The number of ether oxygens (including phenoxy) is 4. The minimum atomic E-state index is -0.448. The number of aromatic nitrogens is 1. The first-order valence-electron chi connectivity index (χ1n) is 9.41. The van der Waals surface area contributed by atoms with E-state index in [1.54, 1.807) is 21.2 Å². The highest BCUT2D eigenvalue weighted by Crippen LogP contribution is 2.41. The molecule has 0 radical (unpaired) electrons.